The van der Waals surface area contributed by atoms with Crippen LogP contribution >= 0.6 is 34.5 Å². The van der Waals surface area contributed by atoms with E-state index in [2.05, 4.69) is 10.3 Å². The minimum Gasteiger partial charge on any atom is -0.316 e. The summed E-state index contributed by atoms with van der Waals surface area (Å²) in [6.45, 7) is 1.48. The summed E-state index contributed by atoms with van der Waals surface area (Å²) in [5.74, 6) is -0.133. The van der Waals surface area contributed by atoms with Gasteiger partial charge >= 0.3 is 0 Å². The molecule has 116 valence electrons. The molecule has 2 aromatic carbocycles. The number of thiazole rings is 1. The Morgan fingerprint density at radius 2 is 1.48 bits per heavy atom. The molecule has 0 aliphatic heterocycles. The first-order chi connectivity index (χ1) is 11.0. The average molecular weight is 363 g/mol. The Kier molecular flexibility index (Phi) is 4.66. The van der Waals surface area contributed by atoms with Gasteiger partial charge in [0.25, 0.3) is 0 Å². The van der Waals surface area contributed by atoms with E-state index in [1.54, 1.807) is 12.1 Å². The summed E-state index contributed by atoms with van der Waals surface area (Å²) < 4.78 is 0. The predicted molar refractivity (Wildman–Crippen MR) is 97.3 cm³/mol. The van der Waals surface area contributed by atoms with Gasteiger partial charge in [0.05, 0.1) is 0 Å². The molecule has 0 atom stereocenters. The Morgan fingerprint density at radius 3 is 2.00 bits per heavy atom. The van der Waals surface area contributed by atoms with Crippen molar-refractivity contribution in [3.05, 3.63) is 58.6 Å². The molecule has 1 amide bonds. The number of halogens is 2. The molecule has 6 heteroatoms. The normalized spacial score (nSPS) is 10.6. The second-order valence-electron chi connectivity index (χ2n) is 4.89. The Hall–Kier alpha value is -1.88. The van der Waals surface area contributed by atoms with E-state index in [4.69, 9.17) is 23.2 Å². The van der Waals surface area contributed by atoms with Gasteiger partial charge in [-0.1, -0.05) is 58.8 Å². The van der Waals surface area contributed by atoms with Crippen molar-refractivity contribution in [2.45, 2.75) is 6.92 Å². The molecule has 1 heterocycles. The molecule has 23 heavy (non-hydrogen) atoms. The van der Waals surface area contributed by atoms with E-state index in [0.29, 0.717) is 15.0 Å². The van der Waals surface area contributed by atoms with E-state index in [1.807, 2.05) is 36.4 Å². The molecule has 0 bridgehead atoms. The monoisotopic (exact) mass is 362 g/mol. The highest BCUT2D eigenvalue weighted by molar-refractivity contribution is 7.19. The van der Waals surface area contributed by atoms with Crippen LogP contribution < -0.4 is 5.32 Å². The zero-order chi connectivity index (χ0) is 16.4. The van der Waals surface area contributed by atoms with Crippen molar-refractivity contribution in [3.8, 4) is 21.8 Å². The number of hydrogen-bond donors (Lipinski definition) is 1. The van der Waals surface area contributed by atoms with Crippen LogP contribution in [0.15, 0.2) is 48.5 Å². The third-order valence-electron chi connectivity index (χ3n) is 3.13. The molecular formula is C17H12Cl2N2OS. The van der Waals surface area contributed by atoms with Gasteiger partial charge in [0.2, 0.25) is 5.91 Å². The lowest BCUT2D eigenvalue weighted by atomic mass is 10.1. The van der Waals surface area contributed by atoms with Crippen molar-refractivity contribution in [3.63, 3.8) is 0 Å². The van der Waals surface area contributed by atoms with Crippen LogP contribution in [0.25, 0.3) is 21.8 Å². The number of carbonyl (C=O) groups is 1. The SMILES string of the molecule is CC(=O)Nc1sc(-c2ccc(Cl)cc2)nc1-c1ccc(Cl)cc1. The minimum atomic E-state index is -0.133. The standard InChI is InChI=1S/C17H12Cl2N2OS/c1-10(22)20-17-15(11-2-6-13(18)7-3-11)21-16(23-17)12-4-8-14(19)9-5-12/h2-9H,1H3,(H,20,22). The van der Waals surface area contributed by atoms with Gasteiger partial charge in [0.15, 0.2) is 0 Å². The average Bonchev–Trinajstić information content (AvgIpc) is 2.92. The smallest absolute Gasteiger partial charge is 0.221 e. The Bertz CT molecular complexity index is 842. The summed E-state index contributed by atoms with van der Waals surface area (Å²) in [6.07, 6.45) is 0. The molecule has 3 rings (SSSR count). The van der Waals surface area contributed by atoms with E-state index >= 15 is 0 Å². The zero-order valence-electron chi connectivity index (χ0n) is 12.1. The number of amides is 1. The van der Waals surface area contributed by atoms with Crippen LogP contribution in [0, 0.1) is 0 Å². The van der Waals surface area contributed by atoms with E-state index in [9.17, 15) is 4.79 Å². The van der Waals surface area contributed by atoms with E-state index in [-0.39, 0.29) is 5.91 Å². The maximum absolute atomic E-state index is 11.5. The largest absolute Gasteiger partial charge is 0.316 e. The quantitative estimate of drug-likeness (QED) is 0.645. The van der Waals surface area contributed by atoms with Crippen LogP contribution in [0.4, 0.5) is 5.00 Å². The summed E-state index contributed by atoms with van der Waals surface area (Å²) in [5, 5.41) is 5.70. The summed E-state index contributed by atoms with van der Waals surface area (Å²) >= 11 is 13.3. The number of nitrogens with zero attached hydrogens (tertiary/aromatic N) is 1. The second kappa shape index (κ2) is 6.71. The summed E-state index contributed by atoms with van der Waals surface area (Å²) in [7, 11) is 0. The maximum atomic E-state index is 11.5. The van der Waals surface area contributed by atoms with Crippen LogP contribution in [-0.2, 0) is 4.79 Å². The molecule has 0 radical (unpaired) electrons. The van der Waals surface area contributed by atoms with Crippen molar-refractivity contribution in [2.75, 3.05) is 5.32 Å². The maximum Gasteiger partial charge on any atom is 0.221 e. The third-order valence-corrected chi connectivity index (χ3v) is 4.65. The van der Waals surface area contributed by atoms with Crippen LogP contribution in [-0.4, -0.2) is 10.9 Å². The molecule has 0 fully saturated rings. The second-order valence-corrected chi connectivity index (χ2v) is 6.76. The predicted octanol–water partition coefficient (Wildman–Crippen LogP) is 5.74. The summed E-state index contributed by atoms with van der Waals surface area (Å²) in [6, 6.07) is 14.8. The van der Waals surface area contributed by atoms with Crippen molar-refractivity contribution in [1.29, 1.82) is 0 Å². The molecule has 0 saturated carbocycles. The third kappa shape index (κ3) is 3.72. The van der Waals surface area contributed by atoms with Gasteiger partial charge in [-0.25, -0.2) is 4.98 Å². The highest BCUT2D eigenvalue weighted by Crippen LogP contribution is 2.38. The number of benzene rings is 2. The molecule has 1 aromatic heterocycles. The van der Waals surface area contributed by atoms with Crippen LogP contribution in [0.3, 0.4) is 0 Å². The van der Waals surface area contributed by atoms with Gasteiger partial charge in [-0.3, -0.25) is 4.79 Å². The summed E-state index contributed by atoms with van der Waals surface area (Å²) in [4.78, 5) is 16.2. The summed E-state index contributed by atoms with van der Waals surface area (Å²) in [5.41, 5.74) is 2.58. The molecule has 0 aliphatic rings. The molecular weight excluding hydrogens is 351 g/mol. The van der Waals surface area contributed by atoms with Crippen LogP contribution in [0.2, 0.25) is 10.0 Å². The van der Waals surface area contributed by atoms with E-state index in [1.165, 1.54) is 18.3 Å². The number of nitrogens with one attached hydrogen (secondary N) is 1. The van der Waals surface area contributed by atoms with Gasteiger partial charge in [0, 0.05) is 28.1 Å². The highest BCUT2D eigenvalue weighted by atomic mass is 35.5. The van der Waals surface area contributed by atoms with E-state index in [0.717, 1.165) is 21.8 Å². The van der Waals surface area contributed by atoms with Gasteiger partial charge in [-0.2, -0.15) is 0 Å². The number of rotatable bonds is 3. The van der Waals surface area contributed by atoms with Crippen molar-refractivity contribution in [2.24, 2.45) is 0 Å². The van der Waals surface area contributed by atoms with E-state index < -0.39 is 0 Å². The van der Waals surface area contributed by atoms with Crippen LogP contribution in [0.5, 0.6) is 0 Å². The number of hydrogen-bond acceptors (Lipinski definition) is 3. The molecule has 0 unspecified atom stereocenters. The number of aromatic nitrogens is 1. The van der Waals surface area contributed by atoms with Crippen molar-refractivity contribution >= 4 is 45.4 Å². The highest BCUT2D eigenvalue weighted by Gasteiger charge is 2.15. The lowest BCUT2D eigenvalue weighted by Crippen LogP contribution is -2.05. The fourth-order valence-corrected chi connectivity index (χ4v) is 3.38. The molecule has 1 N–H and O–H groups in total. The van der Waals surface area contributed by atoms with Gasteiger partial charge < -0.3 is 5.32 Å². The lowest BCUT2D eigenvalue weighted by molar-refractivity contribution is -0.114. The first-order valence-corrected chi connectivity index (χ1v) is 8.40. The topological polar surface area (TPSA) is 42.0 Å². The van der Waals surface area contributed by atoms with Crippen molar-refractivity contribution < 1.29 is 4.79 Å². The lowest BCUT2D eigenvalue weighted by Gasteiger charge is -2.02. The molecule has 0 saturated heterocycles. The fourth-order valence-electron chi connectivity index (χ4n) is 2.08. The molecule has 3 aromatic rings. The first kappa shape index (κ1) is 16.0. The number of carbonyl (C=O) groups excluding carboxylic acids is 1. The van der Waals surface area contributed by atoms with Gasteiger partial charge in [0.1, 0.15) is 15.7 Å². The number of anilines is 1. The van der Waals surface area contributed by atoms with Crippen molar-refractivity contribution in [1.82, 2.24) is 4.98 Å². The zero-order valence-corrected chi connectivity index (χ0v) is 14.5. The fraction of sp³-hybridized carbons (Fsp3) is 0.0588. The van der Waals surface area contributed by atoms with Gasteiger partial charge in [-0.05, 0) is 24.3 Å². The van der Waals surface area contributed by atoms with Gasteiger partial charge in [-0.15, -0.1) is 0 Å². The molecule has 0 spiro atoms. The Morgan fingerprint density at radius 1 is 0.957 bits per heavy atom. The Balaban J connectivity index is 2.08. The Labute approximate surface area is 147 Å². The molecule has 3 nitrogen and oxygen atoms in total. The van der Waals surface area contributed by atoms with Crippen LogP contribution in [0.1, 0.15) is 6.92 Å². The minimum absolute atomic E-state index is 0.133. The molecule has 0 aliphatic carbocycles. The first-order valence-electron chi connectivity index (χ1n) is 6.83.